The summed E-state index contributed by atoms with van der Waals surface area (Å²) in [4.78, 5) is 27.8. The molecule has 1 aliphatic rings. The van der Waals surface area contributed by atoms with Crippen molar-refractivity contribution in [3.8, 4) is 5.75 Å². The van der Waals surface area contributed by atoms with Crippen molar-refractivity contribution in [3.63, 3.8) is 0 Å². The van der Waals surface area contributed by atoms with E-state index < -0.39 is 5.60 Å². The predicted octanol–water partition coefficient (Wildman–Crippen LogP) is 4.67. The van der Waals surface area contributed by atoms with Gasteiger partial charge in [0.1, 0.15) is 12.4 Å². The number of rotatable bonds is 4. The fraction of sp³-hybridized carbons (Fsp3) is 0.190. The van der Waals surface area contributed by atoms with E-state index in [1.807, 2.05) is 49.4 Å². The van der Waals surface area contributed by atoms with Gasteiger partial charge in [-0.3, -0.25) is 10.1 Å². The molecule has 29 heavy (non-hydrogen) atoms. The first-order valence-electron chi connectivity index (χ1n) is 8.99. The van der Waals surface area contributed by atoms with Gasteiger partial charge in [0, 0.05) is 18.2 Å². The first-order valence-corrected chi connectivity index (χ1v) is 9.81. The van der Waals surface area contributed by atoms with Gasteiger partial charge in [-0.2, -0.15) is 0 Å². The second kappa shape index (κ2) is 7.56. The molecule has 2 aromatic carbocycles. The van der Waals surface area contributed by atoms with Gasteiger partial charge in [-0.15, -0.1) is 0 Å². The maximum Gasteiger partial charge on any atom is 0.325 e. The maximum absolute atomic E-state index is 12.3. The number of carbonyl (C=O) groups is 2. The van der Waals surface area contributed by atoms with Crippen LogP contribution in [0.25, 0.3) is 16.3 Å². The summed E-state index contributed by atoms with van der Waals surface area (Å²) in [6.07, 6.45) is 3.72. The number of fused-ring (bicyclic) bond motifs is 2. The van der Waals surface area contributed by atoms with Crippen LogP contribution in [0, 0.1) is 0 Å². The number of urea groups is 1. The van der Waals surface area contributed by atoms with E-state index in [0.717, 1.165) is 15.8 Å². The minimum atomic E-state index is -0.724. The van der Waals surface area contributed by atoms with Crippen LogP contribution in [0.3, 0.4) is 0 Å². The molecule has 4 rings (SSSR count). The lowest BCUT2D eigenvalue weighted by Crippen LogP contribution is -2.37. The summed E-state index contributed by atoms with van der Waals surface area (Å²) in [5.74, 6) is 0.298. The number of nitrogens with zero attached hydrogens (tertiary/aromatic N) is 1. The Morgan fingerprint density at radius 3 is 2.83 bits per heavy atom. The summed E-state index contributed by atoms with van der Waals surface area (Å²) in [6, 6.07) is 12.7. The number of ether oxygens (including phenoxy) is 2. The number of hydrogen-bond donors (Lipinski definition) is 2. The molecule has 0 saturated heterocycles. The molecule has 148 valence electrons. The number of esters is 1. The summed E-state index contributed by atoms with van der Waals surface area (Å²) in [7, 11) is 0. The van der Waals surface area contributed by atoms with E-state index in [2.05, 4.69) is 15.6 Å². The Bertz CT molecular complexity index is 1090. The molecule has 1 aliphatic heterocycles. The summed E-state index contributed by atoms with van der Waals surface area (Å²) < 4.78 is 12.0. The SMILES string of the molecule is CC(=O)OCC1(C)C=Cc2cc(NC(=O)Nc3nc4ccccc4s3)ccc2O1. The zero-order chi connectivity index (χ0) is 20.4. The highest BCUT2D eigenvalue weighted by molar-refractivity contribution is 7.22. The highest BCUT2D eigenvalue weighted by atomic mass is 32.1. The van der Waals surface area contributed by atoms with Gasteiger partial charge in [0.25, 0.3) is 0 Å². The number of nitrogens with one attached hydrogen (secondary N) is 2. The van der Waals surface area contributed by atoms with Crippen LogP contribution in [0.1, 0.15) is 19.4 Å². The third kappa shape index (κ3) is 4.38. The lowest BCUT2D eigenvalue weighted by molar-refractivity contribution is -0.145. The highest BCUT2D eigenvalue weighted by Gasteiger charge is 2.29. The van der Waals surface area contributed by atoms with E-state index >= 15 is 0 Å². The number of benzene rings is 2. The summed E-state index contributed by atoms with van der Waals surface area (Å²) in [5.41, 5.74) is 1.57. The molecule has 8 heteroatoms. The largest absolute Gasteiger partial charge is 0.479 e. The number of para-hydroxylation sites is 1. The molecule has 1 atom stereocenters. The Labute approximate surface area is 171 Å². The molecule has 7 nitrogen and oxygen atoms in total. The van der Waals surface area contributed by atoms with E-state index in [-0.39, 0.29) is 18.6 Å². The second-order valence-corrected chi connectivity index (χ2v) is 7.88. The van der Waals surface area contributed by atoms with E-state index in [9.17, 15) is 9.59 Å². The fourth-order valence-electron chi connectivity index (χ4n) is 2.91. The Morgan fingerprint density at radius 2 is 2.03 bits per heavy atom. The first kappa shape index (κ1) is 18.9. The van der Waals surface area contributed by atoms with Crippen molar-refractivity contribution in [2.75, 3.05) is 17.2 Å². The van der Waals surface area contributed by atoms with Crippen molar-refractivity contribution in [3.05, 3.63) is 54.1 Å². The molecule has 1 unspecified atom stereocenters. The molecule has 0 radical (unpaired) electrons. The van der Waals surface area contributed by atoms with E-state index in [4.69, 9.17) is 9.47 Å². The molecule has 0 saturated carbocycles. The smallest absolute Gasteiger partial charge is 0.325 e. The van der Waals surface area contributed by atoms with Crippen molar-refractivity contribution in [2.24, 2.45) is 0 Å². The van der Waals surface area contributed by atoms with Crippen LogP contribution in [-0.4, -0.2) is 29.2 Å². The van der Waals surface area contributed by atoms with Crippen LogP contribution < -0.4 is 15.4 Å². The molecular formula is C21H19N3O4S. The van der Waals surface area contributed by atoms with Crippen LogP contribution in [0.4, 0.5) is 15.6 Å². The Balaban J connectivity index is 1.42. The average Bonchev–Trinajstić information content (AvgIpc) is 3.09. The topological polar surface area (TPSA) is 89.5 Å². The van der Waals surface area contributed by atoms with Crippen LogP contribution >= 0.6 is 11.3 Å². The van der Waals surface area contributed by atoms with Gasteiger partial charge < -0.3 is 14.8 Å². The molecule has 2 amide bonds. The van der Waals surface area contributed by atoms with Crippen LogP contribution in [0.5, 0.6) is 5.75 Å². The number of carbonyl (C=O) groups excluding carboxylic acids is 2. The molecule has 0 fully saturated rings. The van der Waals surface area contributed by atoms with Crippen LogP contribution in [0.15, 0.2) is 48.5 Å². The fourth-order valence-corrected chi connectivity index (χ4v) is 3.77. The second-order valence-electron chi connectivity index (χ2n) is 6.85. The molecule has 0 bridgehead atoms. The van der Waals surface area contributed by atoms with Crippen molar-refractivity contribution in [1.82, 2.24) is 4.98 Å². The normalized spacial score (nSPS) is 17.3. The van der Waals surface area contributed by atoms with Crippen molar-refractivity contribution in [1.29, 1.82) is 0 Å². The zero-order valence-corrected chi connectivity index (χ0v) is 16.7. The molecule has 1 aromatic heterocycles. The van der Waals surface area contributed by atoms with Gasteiger partial charge in [0.05, 0.1) is 10.2 Å². The number of amides is 2. The minimum Gasteiger partial charge on any atom is -0.479 e. The Hall–Kier alpha value is -3.39. The van der Waals surface area contributed by atoms with Crippen molar-refractivity contribution in [2.45, 2.75) is 19.4 Å². The lowest BCUT2D eigenvalue weighted by Gasteiger charge is -2.31. The van der Waals surface area contributed by atoms with Crippen LogP contribution in [-0.2, 0) is 9.53 Å². The minimum absolute atomic E-state index is 0.128. The maximum atomic E-state index is 12.3. The standard InChI is InChI=1S/C21H19N3O4S/c1-13(25)27-12-21(2)10-9-14-11-15(7-8-17(14)28-21)22-19(26)24-20-23-16-5-3-4-6-18(16)29-20/h3-11H,12H2,1-2H3,(H2,22,23,24,26). The number of aromatic nitrogens is 1. The molecule has 3 aromatic rings. The van der Waals surface area contributed by atoms with E-state index in [0.29, 0.717) is 16.6 Å². The zero-order valence-electron chi connectivity index (χ0n) is 15.9. The quantitative estimate of drug-likeness (QED) is 0.612. The number of hydrogen-bond acceptors (Lipinski definition) is 6. The molecule has 0 aliphatic carbocycles. The van der Waals surface area contributed by atoms with Gasteiger partial charge >= 0.3 is 12.0 Å². The molecule has 2 heterocycles. The molecular weight excluding hydrogens is 390 g/mol. The molecule has 0 spiro atoms. The third-order valence-corrected chi connectivity index (χ3v) is 5.25. The predicted molar refractivity (Wildman–Crippen MR) is 113 cm³/mol. The Kier molecular flexibility index (Phi) is 4.94. The highest BCUT2D eigenvalue weighted by Crippen LogP contribution is 2.33. The van der Waals surface area contributed by atoms with Gasteiger partial charge in [0.15, 0.2) is 10.7 Å². The van der Waals surface area contributed by atoms with Crippen molar-refractivity contribution >= 4 is 50.4 Å². The summed E-state index contributed by atoms with van der Waals surface area (Å²) in [6.45, 7) is 3.33. The van der Waals surface area contributed by atoms with Gasteiger partial charge in [0.2, 0.25) is 0 Å². The summed E-state index contributed by atoms with van der Waals surface area (Å²) >= 11 is 1.42. The van der Waals surface area contributed by atoms with Gasteiger partial charge in [-0.25, -0.2) is 9.78 Å². The number of thiazole rings is 1. The Morgan fingerprint density at radius 1 is 1.21 bits per heavy atom. The summed E-state index contributed by atoms with van der Waals surface area (Å²) in [5, 5.41) is 6.10. The average molecular weight is 409 g/mol. The molecule has 2 N–H and O–H groups in total. The third-order valence-electron chi connectivity index (χ3n) is 4.30. The first-order chi connectivity index (χ1) is 13.9. The van der Waals surface area contributed by atoms with Gasteiger partial charge in [-0.05, 0) is 43.3 Å². The van der Waals surface area contributed by atoms with Gasteiger partial charge in [-0.1, -0.05) is 29.5 Å². The van der Waals surface area contributed by atoms with E-state index in [1.165, 1.54) is 18.3 Å². The number of anilines is 2. The lowest BCUT2D eigenvalue weighted by atomic mass is 10.0. The van der Waals surface area contributed by atoms with Crippen LogP contribution in [0.2, 0.25) is 0 Å². The monoisotopic (exact) mass is 409 g/mol. The van der Waals surface area contributed by atoms with Crippen molar-refractivity contribution < 1.29 is 19.1 Å². The van der Waals surface area contributed by atoms with E-state index in [1.54, 1.807) is 12.1 Å².